The Morgan fingerprint density at radius 2 is 1.64 bits per heavy atom. The summed E-state index contributed by atoms with van der Waals surface area (Å²) in [5, 5.41) is 9.42. The molecule has 1 spiro atoms. The van der Waals surface area contributed by atoms with Crippen LogP contribution >= 0.6 is 0 Å². The SMILES string of the molecule is NS(=O)(=O)c1ccc(C2C(c3nc(-c4ccccc4)no3)C23CCCC3)cc1. The van der Waals surface area contributed by atoms with Crippen molar-refractivity contribution in [3.63, 3.8) is 0 Å². The first-order valence-electron chi connectivity index (χ1n) is 9.51. The Bertz CT molecular complexity index is 1100. The Kier molecular flexibility index (Phi) is 3.93. The molecule has 2 N–H and O–H groups in total. The van der Waals surface area contributed by atoms with Crippen LogP contribution in [0.4, 0.5) is 0 Å². The molecule has 144 valence electrons. The Morgan fingerprint density at radius 1 is 0.964 bits per heavy atom. The van der Waals surface area contributed by atoms with Crippen molar-refractivity contribution in [3.05, 3.63) is 66.1 Å². The van der Waals surface area contributed by atoms with Crippen LogP contribution in [0.2, 0.25) is 0 Å². The van der Waals surface area contributed by atoms with Gasteiger partial charge in [-0.2, -0.15) is 4.98 Å². The van der Waals surface area contributed by atoms with Crippen molar-refractivity contribution in [2.45, 2.75) is 42.4 Å². The fourth-order valence-corrected chi connectivity index (χ4v) is 5.51. The molecular formula is C21H21N3O3S. The Labute approximate surface area is 163 Å². The summed E-state index contributed by atoms with van der Waals surface area (Å²) in [5.41, 5.74) is 2.19. The van der Waals surface area contributed by atoms with Gasteiger partial charge in [-0.1, -0.05) is 60.5 Å². The van der Waals surface area contributed by atoms with Crippen molar-refractivity contribution in [1.82, 2.24) is 10.1 Å². The Hall–Kier alpha value is -2.51. The number of nitrogens with zero attached hydrogens (tertiary/aromatic N) is 2. The third kappa shape index (κ3) is 2.77. The third-order valence-electron chi connectivity index (χ3n) is 6.30. The zero-order valence-corrected chi connectivity index (χ0v) is 16.1. The fourth-order valence-electron chi connectivity index (χ4n) is 4.99. The molecule has 2 unspecified atom stereocenters. The lowest BCUT2D eigenvalue weighted by atomic mass is 9.97. The van der Waals surface area contributed by atoms with Crippen LogP contribution in [0.5, 0.6) is 0 Å². The van der Waals surface area contributed by atoms with E-state index in [1.807, 2.05) is 42.5 Å². The molecule has 2 fully saturated rings. The maximum Gasteiger partial charge on any atom is 0.238 e. The number of rotatable bonds is 4. The van der Waals surface area contributed by atoms with E-state index in [-0.39, 0.29) is 22.1 Å². The molecule has 5 rings (SSSR count). The summed E-state index contributed by atoms with van der Waals surface area (Å²) < 4.78 is 28.8. The fraction of sp³-hybridized carbons (Fsp3) is 0.333. The maximum absolute atomic E-state index is 11.5. The first kappa shape index (κ1) is 17.6. The second-order valence-corrected chi connectivity index (χ2v) is 9.39. The van der Waals surface area contributed by atoms with Crippen molar-refractivity contribution in [2.75, 3.05) is 0 Å². The third-order valence-corrected chi connectivity index (χ3v) is 7.23. The summed E-state index contributed by atoms with van der Waals surface area (Å²) in [6.45, 7) is 0. The molecule has 2 atom stereocenters. The lowest BCUT2D eigenvalue weighted by Gasteiger charge is -2.08. The highest BCUT2D eigenvalue weighted by atomic mass is 32.2. The first-order valence-corrected chi connectivity index (χ1v) is 11.1. The number of nitrogens with two attached hydrogens (primary N) is 1. The predicted octanol–water partition coefficient (Wildman–Crippen LogP) is 3.83. The van der Waals surface area contributed by atoms with Crippen LogP contribution in [0.3, 0.4) is 0 Å². The van der Waals surface area contributed by atoms with E-state index in [9.17, 15) is 8.42 Å². The van der Waals surface area contributed by atoms with E-state index in [0.717, 1.165) is 24.0 Å². The van der Waals surface area contributed by atoms with Crippen LogP contribution < -0.4 is 5.14 Å². The maximum atomic E-state index is 11.5. The van der Waals surface area contributed by atoms with E-state index in [0.29, 0.717) is 11.7 Å². The van der Waals surface area contributed by atoms with Gasteiger partial charge in [0, 0.05) is 11.5 Å². The smallest absolute Gasteiger partial charge is 0.238 e. The number of primary sulfonamides is 1. The molecule has 0 aliphatic heterocycles. The van der Waals surface area contributed by atoms with E-state index in [2.05, 4.69) is 5.16 Å². The van der Waals surface area contributed by atoms with Gasteiger partial charge in [-0.15, -0.1) is 0 Å². The second-order valence-electron chi connectivity index (χ2n) is 7.83. The summed E-state index contributed by atoms with van der Waals surface area (Å²) in [5.74, 6) is 1.74. The lowest BCUT2D eigenvalue weighted by Crippen LogP contribution is -2.11. The van der Waals surface area contributed by atoms with Crippen molar-refractivity contribution in [2.24, 2.45) is 10.6 Å². The van der Waals surface area contributed by atoms with Crippen LogP contribution in [0.1, 0.15) is 49.0 Å². The van der Waals surface area contributed by atoms with Gasteiger partial charge in [-0.25, -0.2) is 13.6 Å². The van der Waals surface area contributed by atoms with Gasteiger partial charge in [-0.05, 0) is 36.0 Å². The molecular weight excluding hydrogens is 374 g/mol. The highest BCUT2D eigenvalue weighted by molar-refractivity contribution is 7.89. The predicted molar refractivity (Wildman–Crippen MR) is 104 cm³/mol. The minimum absolute atomic E-state index is 0.137. The molecule has 28 heavy (non-hydrogen) atoms. The normalized spacial score (nSPS) is 23.2. The first-order chi connectivity index (χ1) is 13.5. The van der Waals surface area contributed by atoms with Gasteiger partial charge in [0.25, 0.3) is 0 Å². The number of sulfonamides is 1. The van der Waals surface area contributed by atoms with Crippen molar-refractivity contribution >= 4 is 10.0 Å². The summed E-state index contributed by atoms with van der Waals surface area (Å²) in [6, 6.07) is 16.7. The molecule has 3 aromatic rings. The van der Waals surface area contributed by atoms with E-state index in [1.165, 1.54) is 12.8 Å². The molecule has 2 aliphatic rings. The van der Waals surface area contributed by atoms with Crippen molar-refractivity contribution in [1.29, 1.82) is 0 Å². The van der Waals surface area contributed by atoms with Crippen LogP contribution in [0.25, 0.3) is 11.4 Å². The van der Waals surface area contributed by atoms with Gasteiger partial charge in [0.15, 0.2) is 0 Å². The molecule has 0 saturated heterocycles. The molecule has 6 nitrogen and oxygen atoms in total. The molecule has 2 aliphatic carbocycles. The topological polar surface area (TPSA) is 99.1 Å². The number of aromatic nitrogens is 2. The summed E-state index contributed by atoms with van der Waals surface area (Å²) >= 11 is 0. The number of hydrogen-bond donors (Lipinski definition) is 1. The van der Waals surface area contributed by atoms with E-state index in [1.54, 1.807) is 12.1 Å². The molecule has 2 saturated carbocycles. The molecule has 0 amide bonds. The molecule has 0 radical (unpaired) electrons. The van der Waals surface area contributed by atoms with Gasteiger partial charge in [-0.3, -0.25) is 0 Å². The highest BCUT2D eigenvalue weighted by Crippen LogP contribution is 2.76. The van der Waals surface area contributed by atoms with Crippen molar-refractivity contribution < 1.29 is 12.9 Å². The second kappa shape index (κ2) is 6.25. The zero-order chi connectivity index (χ0) is 19.4. The van der Waals surface area contributed by atoms with Gasteiger partial charge < -0.3 is 4.52 Å². The van der Waals surface area contributed by atoms with E-state index < -0.39 is 10.0 Å². The largest absolute Gasteiger partial charge is 0.339 e. The summed E-state index contributed by atoms with van der Waals surface area (Å²) in [4.78, 5) is 4.84. The summed E-state index contributed by atoms with van der Waals surface area (Å²) in [7, 11) is -3.69. The van der Waals surface area contributed by atoms with Gasteiger partial charge >= 0.3 is 0 Å². The Morgan fingerprint density at radius 3 is 2.29 bits per heavy atom. The number of hydrogen-bond acceptors (Lipinski definition) is 5. The van der Waals surface area contributed by atoms with Crippen LogP contribution in [-0.2, 0) is 10.0 Å². The minimum atomic E-state index is -3.69. The Balaban J connectivity index is 1.48. The lowest BCUT2D eigenvalue weighted by molar-refractivity contribution is 0.360. The molecule has 2 aromatic carbocycles. The van der Waals surface area contributed by atoms with Gasteiger partial charge in [0.05, 0.1) is 10.8 Å². The van der Waals surface area contributed by atoms with E-state index >= 15 is 0 Å². The van der Waals surface area contributed by atoms with E-state index in [4.69, 9.17) is 14.6 Å². The average molecular weight is 395 g/mol. The quantitative estimate of drug-likeness (QED) is 0.724. The average Bonchev–Trinajstić information content (AvgIpc) is 3.05. The van der Waals surface area contributed by atoms with Crippen LogP contribution in [0.15, 0.2) is 64.0 Å². The molecule has 1 aromatic heterocycles. The number of benzene rings is 2. The summed E-state index contributed by atoms with van der Waals surface area (Å²) in [6.07, 6.45) is 4.65. The van der Waals surface area contributed by atoms with Crippen molar-refractivity contribution in [3.8, 4) is 11.4 Å². The van der Waals surface area contributed by atoms with Crippen LogP contribution in [0, 0.1) is 5.41 Å². The standard InChI is InChI=1S/C21H21N3O3S/c22-28(25,26)16-10-8-14(9-11-16)17-18(21(17)12-4-5-13-21)20-23-19(24-27-20)15-6-2-1-3-7-15/h1-3,6-11,17-18H,4-5,12-13H2,(H2,22,25,26). The zero-order valence-electron chi connectivity index (χ0n) is 15.3. The van der Waals surface area contributed by atoms with Gasteiger partial charge in [0.2, 0.25) is 21.7 Å². The highest BCUT2D eigenvalue weighted by Gasteiger charge is 2.68. The monoisotopic (exact) mass is 395 g/mol. The van der Waals surface area contributed by atoms with Gasteiger partial charge in [0.1, 0.15) is 0 Å². The molecule has 7 heteroatoms. The molecule has 1 heterocycles. The minimum Gasteiger partial charge on any atom is -0.339 e. The molecule has 0 bridgehead atoms. The van der Waals surface area contributed by atoms with Crippen LogP contribution in [-0.4, -0.2) is 18.6 Å².